The molecule has 1 saturated heterocycles. The quantitative estimate of drug-likeness (QED) is 0.847. The molecule has 0 spiro atoms. The summed E-state index contributed by atoms with van der Waals surface area (Å²) in [5.41, 5.74) is 1.26. The standard InChI is InChI=1S/C21H32N2O3/c1-17-6-8-19(9-7-17)26-18(2)20(24)22-16-21(10-4-3-5-11-21)23-12-14-25-15-13-23/h6-9,18H,3-5,10-16H2,1-2H3,(H,22,24). The van der Waals surface area contributed by atoms with Gasteiger partial charge in [0, 0.05) is 25.2 Å². The maximum absolute atomic E-state index is 12.6. The number of hydrogen-bond donors (Lipinski definition) is 1. The molecule has 1 N–H and O–H groups in total. The maximum atomic E-state index is 12.6. The first-order valence-corrected chi connectivity index (χ1v) is 9.93. The van der Waals surface area contributed by atoms with E-state index >= 15 is 0 Å². The Hall–Kier alpha value is -1.59. The monoisotopic (exact) mass is 360 g/mol. The van der Waals surface area contributed by atoms with E-state index in [1.165, 1.54) is 24.8 Å². The van der Waals surface area contributed by atoms with Crippen LogP contribution in [-0.2, 0) is 9.53 Å². The second-order valence-corrected chi connectivity index (χ2v) is 7.68. The number of rotatable bonds is 6. The minimum Gasteiger partial charge on any atom is -0.481 e. The van der Waals surface area contributed by atoms with Crippen LogP contribution in [-0.4, -0.2) is 55.3 Å². The number of nitrogens with one attached hydrogen (secondary N) is 1. The predicted molar refractivity (Wildman–Crippen MR) is 102 cm³/mol. The fraction of sp³-hybridized carbons (Fsp3) is 0.667. The molecular formula is C21H32N2O3. The summed E-state index contributed by atoms with van der Waals surface area (Å²) < 4.78 is 11.3. The van der Waals surface area contributed by atoms with Crippen LogP contribution < -0.4 is 10.1 Å². The van der Waals surface area contributed by atoms with Crippen LogP contribution in [0.25, 0.3) is 0 Å². The number of carbonyl (C=O) groups is 1. The molecule has 2 fully saturated rings. The highest BCUT2D eigenvalue weighted by atomic mass is 16.5. The molecule has 1 amide bonds. The van der Waals surface area contributed by atoms with Crippen molar-refractivity contribution in [3.05, 3.63) is 29.8 Å². The summed E-state index contributed by atoms with van der Waals surface area (Å²) in [6.07, 6.45) is 5.59. The summed E-state index contributed by atoms with van der Waals surface area (Å²) in [4.78, 5) is 15.1. The molecular weight excluding hydrogens is 328 g/mol. The molecule has 1 aromatic rings. The SMILES string of the molecule is Cc1ccc(OC(C)C(=O)NCC2(N3CCOCC3)CCCCC2)cc1. The predicted octanol–water partition coefficient (Wildman–Crippen LogP) is 2.91. The van der Waals surface area contributed by atoms with Crippen molar-refractivity contribution in [2.24, 2.45) is 0 Å². The highest BCUT2D eigenvalue weighted by Crippen LogP contribution is 2.33. The second-order valence-electron chi connectivity index (χ2n) is 7.68. The zero-order valence-electron chi connectivity index (χ0n) is 16.1. The Morgan fingerprint density at radius 3 is 2.50 bits per heavy atom. The second kappa shape index (κ2) is 8.87. The molecule has 5 nitrogen and oxygen atoms in total. The third-order valence-electron chi connectivity index (χ3n) is 5.76. The van der Waals surface area contributed by atoms with Crippen molar-refractivity contribution >= 4 is 5.91 Å². The first-order chi connectivity index (χ1) is 12.6. The van der Waals surface area contributed by atoms with Gasteiger partial charge in [0.2, 0.25) is 0 Å². The Morgan fingerprint density at radius 2 is 1.85 bits per heavy atom. The van der Waals surface area contributed by atoms with Gasteiger partial charge in [-0.1, -0.05) is 37.0 Å². The molecule has 26 heavy (non-hydrogen) atoms. The van der Waals surface area contributed by atoms with E-state index in [1.807, 2.05) is 38.1 Å². The minimum atomic E-state index is -0.497. The van der Waals surface area contributed by atoms with Crippen molar-refractivity contribution in [3.8, 4) is 5.75 Å². The number of carbonyl (C=O) groups excluding carboxylic acids is 1. The van der Waals surface area contributed by atoms with Gasteiger partial charge in [0.15, 0.2) is 6.10 Å². The smallest absolute Gasteiger partial charge is 0.260 e. The zero-order valence-corrected chi connectivity index (χ0v) is 16.1. The molecule has 5 heteroatoms. The van der Waals surface area contributed by atoms with Gasteiger partial charge in [-0.25, -0.2) is 0 Å². The molecule has 2 aliphatic rings. The average Bonchev–Trinajstić information content (AvgIpc) is 2.69. The van der Waals surface area contributed by atoms with Gasteiger partial charge in [0.05, 0.1) is 13.2 Å². The van der Waals surface area contributed by atoms with Crippen molar-refractivity contribution in [2.45, 2.75) is 57.6 Å². The summed E-state index contributed by atoms with van der Waals surface area (Å²) in [7, 11) is 0. The Kier molecular flexibility index (Phi) is 6.54. The number of ether oxygens (including phenoxy) is 2. The molecule has 144 valence electrons. The lowest BCUT2D eigenvalue weighted by Gasteiger charge is -2.48. The van der Waals surface area contributed by atoms with E-state index in [4.69, 9.17) is 9.47 Å². The Bertz CT molecular complexity index is 575. The first-order valence-electron chi connectivity index (χ1n) is 9.93. The molecule has 3 rings (SSSR count). The van der Waals surface area contributed by atoms with Crippen molar-refractivity contribution < 1.29 is 14.3 Å². The van der Waals surface area contributed by atoms with E-state index in [1.54, 1.807) is 0 Å². The molecule has 1 unspecified atom stereocenters. The molecule has 1 heterocycles. The summed E-state index contributed by atoms with van der Waals surface area (Å²) >= 11 is 0. The van der Waals surface area contributed by atoms with Crippen LogP contribution in [0.4, 0.5) is 0 Å². The Labute approximate surface area is 157 Å². The fourth-order valence-corrected chi connectivity index (χ4v) is 4.12. The van der Waals surface area contributed by atoms with E-state index in [-0.39, 0.29) is 11.4 Å². The highest BCUT2D eigenvalue weighted by molar-refractivity contribution is 5.80. The van der Waals surface area contributed by atoms with E-state index in [0.29, 0.717) is 6.54 Å². The molecule has 0 aromatic heterocycles. The van der Waals surface area contributed by atoms with Gasteiger partial charge in [-0.2, -0.15) is 0 Å². The third-order valence-corrected chi connectivity index (χ3v) is 5.76. The number of morpholine rings is 1. The Morgan fingerprint density at radius 1 is 1.19 bits per heavy atom. The number of hydrogen-bond acceptors (Lipinski definition) is 4. The van der Waals surface area contributed by atoms with Gasteiger partial charge in [0.25, 0.3) is 5.91 Å². The molecule has 1 atom stereocenters. The average molecular weight is 360 g/mol. The summed E-state index contributed by atoms with van der Waals surface area (Å²) in [5.74, 6) is 0.697. The molecule has 1 saturated carbocycles. The number of aryl methyl sites for hydroxylation is 1. The van der Waals surface area contributed by atoms with Crippen molar-refractivity contribution in [1.82, 2.24) is 10.2 Å². The number of nitrogens with zero attached hydrogens (tertiary/aromatic N) is 1. The van der Waals surface area contributed by atoms with Gasteiger partial charge in [-0.3, -0.25) is 9.69 Å². The summed E-state index contributed by atoms with van der Waals surface area (Å²) in [5, 5.41) is 3.18. The number of benzene rings is 1. The fourth-order valence-electron chi connectivity index (χ4n) is 4.12. The van der Waals surface area contributed by atoms with Crippen molar-refractivity contribution in [2.75, 3.05) is 32.8 Å². The molecule has 1 aliphatic heterocycles. The van der Waals surface area contributed by atoms with Crippen LogP contribution in [0.1, 0.15) is 44.6 Å². The van der Waals surface area contributed by atoms with Crippen molar-refractivity contribution in [1.29, 1.82) is 0 Å². The van der Waals surface area contributed by atoms with Crippen molar-refractivity contribution in [3.63, 3.8) is 0 Å². The lowest BCUT2D eigenvalue weighted by atomic mass is 9.79. The lowest BCUT2D eigenvalue weighted by molar-refractivity contribution is -0.128. The van der Waals surface area contributed by atoms with Gasteiger partial charge >= 0.3 is 0 Å². The topological polar surface area (TPSA) is 50.8 Å². The highest BCUT2D eigenvalue weighted by Gasteiger charge is 2.39. The van der Waals surface area contributed by atoms with Gasteiger partial charge in [-0.15, -0.1) is 0 Å². The number of amides is 1. The minimum absolute atomic E-state index is 0.0382. The lowest BCUT2D eigenvalue weighted by Crippen LogP contribution is -2.60. The summed E-state index contributed by atoms with van der Waals surface area (Å²) in [6.45, 7) is 8.07. The van der Waals surface area contributed by atoms with Crippen LogP contribution in [0.2, 0.25) is 0 Å². The van der Waals surface area contributed by atoms with Crippen LogP contribution in [0.3, 0.4) is 0 Å². The summed E-state index contributed by atoms with van der Waals surface area (Å²) in [6, 6.07) is 7.82. The van der Waals surface area contributed by atoms with Gasteiger partial charge < -0.3 is 14.8 Å². The van der Waals surface area contributed by atoms with Crippen LogP contribution in [0.5, 0.6) is 5.75 Å². The molecule has 1 aliphatic carbocycles. The van der Waals surface area contributed by atoms with E-state index in [9.17, 15) is 4.79 Å². The zero-order chi connectivity index (χ0) is 18.4. The van der Waals surface area contributed by atoms with Crippen LogP contribution in [0, 0.1) is 6.92 Å². The van der Waals surface area contributed by atoms with Crippen LogP contribution in [0.15, 0.2) is 24.3 Å². The Balaban J connectivity index is 1.57. The van der Waals surface area contributed by atoms with Gasteiger partial charge in [0.1, 0.15) is 5.75 Å². The van der Waals surface area contributed by atoms with Gasteiger partial charge in [-0.05, 0) is 38.8 Å². The third kappa shape index (κ3) is 4.77. The first kappa shape index (κ1) is 19.2. The van der Waals surface area contributed by atoms with E-state index in [0.717, 1.165) is 44.9 Å². The molecule has 1 aromatic carbocycles. The largest absolute Gasteiger partial charge is 0.481 e. The van der Waals surface area contributed by atoms with Crippen LogP contribution >= 0.6 is 0 Å². The molecule has 0 bridgehead atoms. The normalized spacial score (nSPS) is 21.8. The van der Waals surface area contributed by atoms with E-state index in [2.05, 4.69) is 10.2 Å². The molecule has 0 radical (unpaired) electrons. The maximum Gasteiger partial charge on any atom is 0.260 e. The van der Waals surface area contributed by atoms with E-state index < -0.39 is 6.10 Å².